The number of rotatable bonds is 1. The van der Waals surface area contributed by atoms with Gasteiger partial charge in [0.1, 0.15) is 5.82 Å². The molecule has 0 bridgehead atoms. The molecule has 0 aliphatic carbocycles. The van der Waals surface area contributed by atoms with Crippen LogP contribution in [0.2, 0.25) is 0 Å². The summed E-state index contributed by atoms with van der Waals surface area (Å²) in [6.07, 6.45) is 0. The minimum Gasteiger partial charge on any atom is -0.324 e. The number of hydrogen-bond acceptors (Lipinski definition) is 1. The maximum absolute atomic E-state index is 13.0. The molecular weight excluding hydrogens is 174 g/mol. The maximum atomic E-state index is 13.0. The monoisotopic (exact) mass is 182 g/mol. The van der Waals surface area contributed by atoms with E-state index in [0.29, 0.717) is 0 Å². The fourth-order valence-electron chi connectivity index (χ4n) is 0.991. The molecule has 0 spiro atoms. The van der Waals surface area contributed by atoms with Crippen molar-refractivity contribution >= 4 is 5.69 Å². The van der Waals surface area contributed by atoms with E-state index in [9.17, 15) is 8.78 Å². The topological polar surface area (TPSA) is 30.4 Å². The van der Waals surface area contributed by atoms with Crippen LogP contribution in [0.5, 0.6) is 0 Å². The van der Waals surface area contributed by atoms with Crippen LogP contribution in [0, 0.1) is 18.2 Å². The molecule has 0 saturated carbocycles. The van der Waals surface area contributed by atoms with Crippen LogP contribution in [-0.4, -0.2) is 0 Å². The van der Waals surface area contributed by atoms with Crippen LogP contribution in [0.15, 0.2) is 12.1 Å². The predicted molar refractivity (Wildman–Crippen MR) is 45.2 cm³/mol. The Bertz CT molecular complexity index is 367. The van der Waals surface area contributed by atoms with E-state index in [-0.39, 0.29) is 11.3 Å². The van der Waals surface area contributed by atoms with E-state index in [1.165, 1.54) is 13.0 Å². The van der Waals surface area contributed by atoms with Crippen LogP contribution in [0.25, 0.3) is 4.85 Å². The summed E-state index contributed by atoms with van der Waals surface area (Å²) < 4.78 is 25.8. The van der Waals surface area contributed by atoms with Gasteiger partial charge < -0.3 is 5.73 Å². The van der Waals surface area contributed by atoms with Crippen LogP contribution in [0.3, 0.4) is 0 Å². The lowest BCUT2D eigenvalue weighted by atomic mass is 10.1. The lowest BCUT2D eigenvalue weighted by molar-refractivity contribution is 0.493. The molecule has 13 heavy (non-hydrogen) atoms. The van der Waals surface area contributed by atoms with Gasteiger partial charge in [0.05, 0.1) is 6.57 Å². The van der Waals surface area contributed by atoms with E-state index in [2.05, 4.69) is 4.85 Å². The van der Waals surface area contributed by atoms with Gasteiger partial charge in [0.15, 0.2) is 11.5 Å². The molecule has 68 valence electrons. The summed E-state index contributed by atoms with van der Waals surface area (Å²) in [7, 11) is 0. The zero-order valence-corrected chi connectivity index (χ0v) is 7.01. The van der Waals surface area contributed by atoms with E-state index < -0.39 is 17.7 Å². The van der Waals surface area contributed by atoms with Gasteiger partial charge in [-0.25, -0.2) is 13.6 Å². The highest BCUT2D eigenvalue weighted by atomic mass is 19.2. The van der Waals surface area contributed by atoms with Gasteiger partial charge in [0.25, 0.3) is 0 Å². The number of nitrogens with two attached hydrogens (primary N) is 1. The van der Waals surface area contributed by atoms with Crippen molar-refractivity contribution in [2.75, 3.05) is 0 Å². The van der Waals surface area contributed by atoms with Crippen molar-refractivity contribution in [3.05, 3.63) is 40.7 Å². The predicted octanol–water partition coefficient (Wildman–Crippen LogP) is 2.54. The largest absolute Gasteiger partial charge is 0.324 e. The van der Waals surface area contributed by atoms with Gasteiger partial charge in [-0.3, -0.25) is 0 Å². The summed E-state index contributed by atoms with van der Waals surface area (Å²) in [5, 5.41) is 0. The van der Waals surface area contributed by atoms with E-state index in [1.54, 1.807) is 0 Å². The molecule has 0 amide bonds. The van der Waals surface area contributed by atoms with Crippen molar-refractivity contribution in [3.63, 3.8) is 0 Å². The van der Waals surface area contributed by atoms with Crippen LogP contribution in [0.1, 0.15) is 18.5 Å². The fraction of sp³-hybridized carbons (Fsp3) is 0.222. The quantitative estimate of drug-likeness (QED) is 0.664. The van der Waals surface area contributed by atoms with E-state index in [1.807, 2.05) is 0 Å². The molecule has 0 heterocycles. The molecular formula is C9H8F2N2. The average Bonchev–Trinajstić information content (AvgIpc) is 2.09. The molecule has 0 fully saturated rings. The third kappa shape index (κ3) is 1.82. The maximum Gasteiger partial charge on any atom is 0.190 e. The van der Waals surface area contributed by atoms with Gasteiger partial charge in [-0.15, -0.1) is 0 Å². The highest BCUT2D eigenvalue weighted by molar-refractivity contribution is 5.48. The van der Waals surface area contributed by atoms with Crippen molar-refractivity contribution in [1.29, 1.82) is 0 Å². The number of hydrogen-bond donors (Lipinski definition) is 1. The van der Waals surface area contributed by atoms with Crippen LogP contribution >= 0.6 is 0 Å². The van der Waals surface area contributed by atoms with Crippen molar-refractivity contribution in [3.8, 4) is 0 Å². The second kappa shape index (κ2) is 3.50. The van der Waals surface area contributed by atoms with Crippen LogP contribution in [0.4, 0.5) is 14.5 Å². The summed E-state index contributed by atoms with van der Waals surface area (Å²) in [5.41, 5.74) is 5.49. The number of benzene rings is 1. The Morgan fingerprint density at radius 3 is 2.54 bits per heavy atom. The summed E-state index contributed by atoms with van der Waals surface area (Å²) in [6.45, 7) is 8.18. The smallest absolute Gasteiger partial charge is 0.190 e. The molecule has 0 unspecified atom stereocenters. The molecule has 0 aliphatic rings. The summed E-state index contributed by atoms with van der Waals surface area (Å²) >= 11 is 0. The first-order valence-electron chi connectivity index (χ1n) is 3.68. The van der Waals surface area contributed by atoms with Gasteiger partial charge in [-0.1, -0.05) is 0 Å². The van der Waals surface area contributed by atoms with Gasteiger partial charge in [0, 0.05) is 6.04 Å². The molecule has 2 N–H and O–H groups in total. The highest BCUT2D eigenvalue weighted by Gasteiger charge is 2.13. The minimum atomic E-state index is -1.03. The third-order valence-electron chi connectivity index (χ3n) is 1.66. The molecule has 0 saturated heterocycles. The standard InChI is InChI=1S/C9H8F2N2/c1-5(12)7-3-6(13-2)4-8(10)9(7)11/h3-5H,12H2,1H3/t5-/m1/s1. The number of halogens is 2. The van der Waals surface area contributed by atoms with Crippen LogP contribution < -0.4 is 5.73 Å². The summed E-state index contributed by atoms with van der Waals surface area (Å²) in [6, 6.07) is 1.50. The van der Waals surface area contributed by atoms with Crippen molar-refractivity contribution in [2.45, 2.75) is 13.0 Å². The average molecular weight is 182 g/mol. The molecule has 2 nitrogen and oxygen atoms in total. The second-order valence-corrected chi connectivity index (χ2v) is 2.73. The molecule has 1 aromatic rings. The van der Waals surface area contributed by atoms with E-state index >= 15 is 0 Å². The molecule has 0 aliphatic heterocycles. The van der Waals surface area contributed by atoms with Crippen molar-refractivity contribution in [2.24, 2.45) is 5.73 Å². The van der Waals surface area contributed by atoms with Gasteiger partial charge in [0.2, 0.25) is 0 Å². The lowest BCUT2D eigenvalue weighted by Gasteiger charge is -2.07. The molecule has 4 heteroatoms. The van der Waals surface area contributed by atoms with Gasteiger partial charge in [-0.2, -0.15) is 0 Å². The van der Waals surface area contributed by atoms with Crippen molar-refractivity contribution in [1.82, 2.24) is 0 Å². The normalized spacial score (nSPS) is 12.2. The Balaban J connectivity index is 3.35. The molecule has 0 radical (unpaired) electrons. The van der Waals surface area contributed by atoms with Crippen molar-refractivity contribution < 1.29 is 8.78 Å². The Morgan fingerprint density at radius 2 is 2.08 bits per heavy atom. The molecule has 1 rings (SSSR count). The van der Waals surface area contributed by atoms with E-state index in [0.717, 1.165) is 6.07 Å². The summed E-state index contributed by atoms with van der Waals surface area (Å²) in [5.74, 6) is -2.00. The Kier molecular flexibility index (Phi) is 2.59. The Labute approximate surface area is 74.8 Å². The zero-order valence-electron chi connectivity index (χ0n) is 7.01. The second-order valence-electron chi connectivity index (χ2n) is 2.73. The van der Waals surface area contributed by atoms with Gasteiger partial charge in [-0.05, 0) is 24.6 Å². The number of nitrogens with zero attached hydrogens (tertiary/aromatic N) is 1. The Hall–Kier alpha value is -1.47. The SMILES string of the molecule is [C-]#[N+]c1cc(F)c(F)c([C@@H](C)N)c1. The summed E-state index contributed by atoms with van der Waals surface area (Å²) in [4.78, 5) is 3.00. The zero-order chi connectivity index (χ0) is 10.0. The van der Waals surface area contributed by atoms with Gasteiger partial charge >= 0.3 is 0 Å². The first-order valence-corrected chi connectivity index (χ1v) is 3.68. The fourth-order valence-corrected chi connectivity index (χ4v) is 0.991. The highest BCUT2D eigenvalue weighted by Crippen LogP contribution is 2.24. The molecule has 0 aromatic heterocycles. The third-order valence-corrected chi connectivity index (χ3v) is 1.66. The van der Waals surface area contributed by atoms with Crippen LogP contribution in [-0.2, 0) is 0 Å². The Morgan fingerprint density at radius 1 is 1.46 bits per heavy atom. The van der Waals surface area contributed by atoms with E-state index in [4.69, 9.17) is 12.3 Å². The first kappa shape index (κ1) is 9.62. The molecule has 1 atom stereocenters. The minimum absolute atomic E-state index is 0.0333. The lowest BCUT2D eigenvalue weighted by Crippen LogP contribution is -2.08. The first-order chi connectivity index (χ1) is 6.06. The molecule has 1 aromatic carbocycles.